The number of hydrogen-bond donors (Lipinski definition) is 2. The molecule has 3 aromatic rings. The summed E-state index contributed by atoms with van der Waals surface area (Å²) < 4.78 is 21.1. The molecule has 1 saturated carbocycles. The van der Waals surface area contributed by atoms with Gasteiger partial charge in [-0.25, -0.2) is 14.2 Å². The molecule has 1 fully saturated rings. The van der Waals surface area contributed by atoms with E-state index in [1.165, 1.54) is 23.2 Å². The number of hydrogen-bond acceptors (Lipinski definition) is 5. The van der Waals surface area contributed by atoms with Crippen molar-refractivity contribution >= 4 is 17.7 Å². The Morgan fingerprint density at radius 2 is 1.81 bits per heavy atom. The summed E-state index contributed by atoms with van der Waals surface area (Å²) >= 11 is 0. The molecule has 158 valence electrons. The van der Waals surface area contributed by atoms with Gasteiger partial charge in [0.1, 0.15) is 23.3 Å². The first-order valence-corrected chi connectivity index (χ1v) is 10.1. The van der Waals surface area contributed by atoms with Crippen molar-refractivity contribution in [3.8, 4) is 5.69 Å². The number of carbonyl (C=O) groups excluding carboxylic acids is 2. The number of anilines is 1. The highest BCUT2D eigenvalue weighted by atomic mass is 19.1. The monoisotopic (exact) mass is 421 g/mol. The lowest BCUT2D eigenvalue weighted by Gasteiger charge is -2.40. The smallest absolute Gasteiger partial charge is 0.339 e. The first-order valence-electron chi connectivity index (χ1n) is 10.1. The minimum absolute atomic E-state index is 0.133. The van der Waals surface area contributed by atoms with E-state index in [4.69, 9.17) is 4.74 Å². The van der Waals surface area contributed by atoms with E-state index < -0.39 is 22.9 Å². The molecule has 0 unspecified atom stereocenters. The third-order valence-electron chi connectivity index (χ3n) is 6.19. The molecule has 2 heterocycles. The molecule has 1 aliphatic carbocycles. The Hall–Kier alpha value is -3.52. The molecular weight excluding hydrogens is 401 g/mol. The van der Waals surface area contributed by atoms with Crippen molar-refractivity contribution < 1.29 is 23.8 Å². The summed E-state index contributed by atoms with van der Waals surface area (Å²) in [6.45, 7) is 0. The van der Waals surface area contributed by atoms with E-state index >= 15 is 0 Å². The minimum Gasteiger partial charge on any atom is -0.451 e. The standard InChI is InChI=1S/C23H20FN3O4/c24-17-7-3-4-8-18(17)27-13-19(25-14-27)26-21(29)22(30)9-11-23(12-10-22)16-6-2-1-5-15(16)20(28)31-23/h1-8,13-14,30H,9-12H2,(H,26,29). The van der Waals surface area contributed by atoms with E-state index in [2.05, 4.69) is 10.3 Å². The van der Waals surface area contributed by atoms with E-state index in [-0.39, 0.29) is 24.6 Å². The summed E-state index contributed by atoms with van der Waals surface area (Å²) in [4.78, 5) is 29.1. The van der Waals surface area contributed by atoms with E-state index in [0.29, 0.717) is 24.1 Å². The van der Waals surface area contributed by atoms with Crippen molar-refractivity contribution in [3.63, 3.8) is 0 Å². The molecule has 1 aliphatic heterocycles. The molecule has 0 atom stereocenters. The molecule has 0 saturated heterocycles. The molecular formula is C23H20FN3O4. The molecule has 1 aromatic heterocycles. The van der Waals surface area contributed by atoms with Gasteiger partial charge in [0.15, 0.2) is 5.82 Å². The Balaban J connectivity index is 1.30. The van der Waals surface area contributed by atoms with Crippen LogP contribution in [-0.2, 0) is 15.1 Å². The zero-order valence-electron chi connectivity index (χ0n) is 16.5. The Morgan fingerprint density at radius 3 is 2.58 bits per heavy atom. The lowest BCUT2D eigenvalue weighted by molar-refractivity contribution is -0.144. The normalized spacial score (nSPS) is 24.6. The second kappa shape index (κ2) is 7.02. The lowest BCUT2D eigenvalue weighted by Crippen LogP contribution is -2.49. The summed E-state index contributed by atoms with van der Waals surface area (Å²) in [5, 5.41) is 13.6. The second-order valence-corrected chi connectivity index (χ2v) is 8.03. The van der Waals surface area contributed by atoms with Crippen molar-refractivity contribution in [2.45, 2.75) is 36.9 Å². The van der Waals surface area contributed by atoms with Crippen LogP contribution in [0.1, 0.15) is 41.6 Å². The largest absolute Gasteiger partial charge is 0.451 e. The summed E-state index contributed by atoms with van der Waals surface area (Å²) in [6, 6.07) is 13.4. The number of halogens is 1. The maximum Gasteiger partial charge on any atom is 0.339 e. The summed E-state index contributed by atoms with van der Waals surface area (Å²) in [5.41, 5.74) is -0.762. The number of rotatable bonds is 3. The van der Waals surface area contributed by atoms with Crippen LogP contribution in [0, 0.1) is 5.82 Å². The average molecular weight is 421 g/mol. The van der Waals surface area contributed by atoms with Crippen LogP contribution in [0.4, 0.5) is 10.2 Å². The van der Waals surface area contributed by atoms with Gasteiger partial charge in [-0.15, -0.1) is 0 Å². The van der Waals surface area contributed by atoms with Crippen LogP contribution in [0.5, 0.6) is 0 Å². The first-order chi connectivity index (χ1) is 14.9. The summed E-state index contributed by atoms with van der Waals surface area (Å²) in [5.74, 6) is -1.16. The fourth-order valence-corrected chi connectivity index (χ4v) is 4.42. The molecule has 8 heteroatoms. The Kier molecular flexibility index (Phi) is 4.40. The van der Waals surface area contributed by atoms with Crippen LogP contribution in [-0.4, -0.2) is 32.1 Å². The van der Waals surface area contributed by atoms with Crippen molar-refractivity contribution in [1.29, 1.82) is 0 Å². The van der Waals surface area contributed by atoms with Crippen LogP contribution in [0.25, 0.3) is 5.69 Å². The van der Waals surface area contributed by atoms with Gasteiger partial charge in [0.2, 0.25) is 0 Å². The van der Waals surface area contributed by atoms with Crippen LogP contribution in [0.2, 0.25) is 0 Å². The van der Waals surface area contributed by atoms with Crippen molar-refractivity contribution in [1.82, 2.24) is 9.55 Å². The Bertz CT molecular complexity index is 1180. The lowest BCUT2D eigenvalue weighted by atomic mass is 9.72. The number of benzene rings is 2. The third-order valence-corrected chi connectivity index (χ3v) is 6.19. The van der Waals surface area contributed by atoms with Crippen LogP contribution < -0.4 is 5.32 Å². The van der Waals surface area contributed by atoms with Crippen LogP contribution in [0.15, 0.2) is 61.1 Å². The molecule has 31 heavy (non-hydrogen) atoms. The number of aliphatic hydroxyl groups is 1. The van der Waals surface area contributed by atoms with Gasteiger partial charge >= 0.3 is 5.97 Å². The molecule has 2 aromatic carbocycles. The van der Waals surface area contributed by atoms with Crippen molar-refractivity contribution in [2.75, 3.05) is 5.32 Å². The van der Waals surface area contributed by atoms with Gasteiger partial charge in [-0.1, -0.05) is 30.3 Å². The van der Waals surface area contributed by atoms with E-state index in [1.807, 2.05) is 12.1 Å². The van der Waals surface area contributed by atoms with Crippen LogP contribution >= 0.6 is 0 Å². The predicted octanol–water partition coefficient (Wildman–Crippen LogP) is 3.32. The first kappa shape index (κ1) is 19.4. The maximum atomic E-state index is 14.0. The second-order valence-electron chi connectivity index (χ2n) is 8.03. The average Bonchev–Trinajstić information content (AvgIpc) is 3.34. The van der Waals surface area contributed by atoms with Gasteiger partial charge in [0.05, 0.1) is 17.4 Å². The fourth-order valence-electron chi connectivity index (χ4n) is 4.42. The Morgan fingerprint density at radius 1 is 1.10 bits per heavy atom. The Labute approximate surface area is 177 Å². The quantitative estimate of drug-likeness (QED) is 0.633. The van der Waals surface area contributed by atoms with E-state index in [9.17, 15) is 19.1 Å². The summed E-state index contributed by atoms with van der Waals surface area (Å²) in [7, 11) is 0. The van der Waals surface area contributed by atoms with Gasteiger partial charge in [0.25, 0.3) is 5.91 Å². The number of para-hydroxylation sites is 1. The summed E-state index contributed by atoms with van der Waals surface area (Å²) in [6.07, 6.45) is 3.82. The number of aromatic nitrogens is 2. The predicted molar refractivity (Wildman–Crippen MR) is 109 cm³/mol. The molecule has 2 aliphatic rings. The number of nitrogens with one attached hydrogen (secondary N) is 1. The third kappa shape index (κ3) is 3.19. The highest BCUT2D eigenvalue weighted by molar-refractivity contribution is 5.97. The number of ether oxygens (including phenoxy) is 1. The minimum atomic E-state index is -1.61. The fraction of sp³-hybridized carbons (Fsp3) is 0.261. The number of esters is 1. The molecule has 1 amide bonds. The molecule has 5 rings (SSSR count). The zero-order chi connectivity index (χ0) is 21.6. The van der Waals surface area contributed by atoms with E-state index in [1.54, 1.807) is 30.3 Å². The zero-order valence-corrected chi connectivity index (χ0v) is 16.5. The van der Waals surface area contributed by atoms with Crippen LogP contribution in [0.3, 0.4) is 0 Å². The number of carbonyl (C=O) groups is 2. The highest BCUT2D eigenvalue weighted by Gasteiger charge is 2.52. The maximum absolute atomic E-state index is 14.0. The van der Waals surface area contributed by atoms with Crippen molar-refractivity contribution in [2.24, 2.45) is 0 Å². The molecule has 0 radical (unpaired) electrons. The van der Waals surface area contributed by atoms with Crippen molar-refractivity contribution in [3.05, 3.63) is 78.0 Å². The van der Waals surface area contributed by atoms with Gasteiger partial charge in [-0.2, -0.15) is 0 Å². The van der Waals surface area contributed by atoms with Gasteiger partial charge in [0, 0.05) is 5.56 Å². The number of amides is 1. The molecule has 1 spiro atoms. The number of imidazole rings is 1. The molecule has 0 bridgehead atoms. The molecule has 7 nitrogen and oxygen atoms in total. The molecule has 2 N–H and O–H groups in total. The van der Waals surface area contributed by atoms with Gasteiger partial charge in [-0.3, -0.25) is 4.79 Å². The highest BCUT2D eigenvalue weighted by Crippen LogP contribution is 2.49. The van der Waals surface area contributed by atoms with Gasteiger partial charge < -0.3 is 19.7 Å². The topological polar surface area (TPSA) is 93.5 Å². The van der Waals surface area contributed by atoms with Gasteiger partial charge in [-0.05, 0) is 43.9 Å². The van der Waals surface area contributed by atoms with E-state index in [0.717, 1.165) is 5.56 Å². The number of fused-ring (bicyclic) bond motifs is 2. The number of nitrogens with zero attached hydrogens (tertiary/aromatic N) is 2. The SMILES string of the molecule is O=C1OC2(CCC(O)(C(=O)Nc3cn(-c4ccccc4F)cn3)CC2)c2ccccc21.